The van der Waals surface area contributed by atoms with Crippen LogP contribution in [0.5, 0.6) is 0 Å². The van der Waals surface area contributed by atoms with Crippen molar-refractivity contribution in [3.8, 4) is 0 Å². The Hall–Kier alpha value is -1.95. The standard InChI is InChI=1S/C22H26ClN5O4S/c23-22-26-19(25-12-6-8-14(9-7-12)33-13-4-2-1-3-5-13)16-20(27-22)28(11-24-16)21-18(31)17(30)15(10-29)32-21/h1-5,11-12,14-15,17-18,21,29-31H,6-10H2,(H,25,26,27)/t12?,14?,15-,17-,18-,21-/m1/s1. The minimum absolute atomic E-state index is 0.0480. The molecule has 1 saturated carbocycles. The van der Waals surface area contributed by atoms with Crippen LogP contribution in [-0.4, -0.2) is 71.0 Å². The molecule has 5 rings (SSSR count). The van der Waals surface area contributed by atoms with Gasteiger partial charge in [0.05, 0.1) is 12.9 Å². The maximum absolute atomic E-state index is 10.4. The molecule has 3 aromatic rings. The lowest BCUT2D eigenvalue weighted by atomic mass is 9.95. The van der Waals surface area contributed by atoms with E-state index in [4.69, 9.17) is 16.3 Å². The highest BCUT2D eigenvalue weighted by Crippen LogP contribution is 2.36. The van der Waals surface area contributed by atoms with E-state index >= 15 is 0 Å². The second-order valence-electron chi connectivity index (χ2n) is 8.44. The lowest BCUT2D eigenvalue weighted by Crippen LogP contribution is -2.33. The summed E-state index contributed by atoms with van der Waals surface area (Å²) in [6.45, 7) is -0.408. The van der Waals surface area contributed by atoms with Crippen molar-refractivity contribution in [2.45, 2.75) is 66.4 Å². The molecule has 1 saturated heterocycles. The van der Waals surface area contributed by atoms with E-state index in [1.54, 1.807) is 0 Å². The summed E-state index contributed by atoms with van der Waals surface area (Å²) < 4.78 is 7.14. The number of aliphatic hydroxyl groups is 3. The number of thioether (sulfide) groups is 1. The van der Waals surface area contributed by atoms with E-state index in [-0.39, 0.29) is 11.3 Å². The van der Waals surface area contributed by atoms with Gasteiger partial charge in [0.1, 0.15) is 18.3 Å². The number of nitrogens with zero attached hydrogens (tertiary/aromatic N) is 4. The maximum atomic E-state index is 10.4. The van der Waals surface area contributed by atoms with Crippen LogP contribution in [0.2, 0.25) is 5.28 Å². The summed E-state index contributed by atoms with van der Waals surface area (Å²) in [6.07, 6.45) is 1.40. The zero-order chi connectivity index (χ0) is 22.9. The van der Waals surface area contributed by atoms with Crippen LogP contribution in [0, 0.1) is 0 Å². The van der Waals surface area contributed by atoms with Crippen LogP contribution in [0.4, 0.5) is 5.82 Å². The number of anilines is 1. The smallest absolute Gasteiger partial charge is 0.226 e. The molecule has 1 aliphatic heterocycles. The molecule has 0 spiro atoms. The quantitative estimate of drug-likeness (QED) is 0.385. The predicted octanol–water partition coefficient (Wildman–Crippen LogP) is 2.61. The first-order valence-corrected chi connectivity index (χ1v) is 12.3. The number of hydrogen-bond donors (Lipinski definition) is 4. The van der Waals surface area contributed by atoms with E-state index in [2.05, 4.69) is 44.5 Å². The molecule has 4 atom stereocenters. The number of aliphatic hydroxyl groups excluding tert-OH is 3. The molecule has 1 aliphatic carbocycles. The topological polar surface area (TPSA) is 126 Å². The van der Waals surface area contributed by atoms with Gasteiger partial charge in [-0.2, -0.15) is 9.97 Å². The average Bonchev–Trinajstić information content (AvgIpc) is 3.36. The van der Waals surface area contributed by atoms with Crippen LogP contribution in [0.25, 0.3) is 11.2 Å². The first-order valence-electron chi connectivity index (χ1n) is 11.0. The first-order chi connectivity index (χ1) is 16.0. The van der Waals surface area contributed by atoms with E-state index < -0.39 is 31.1 Å². The minimum Gasteiger partial charge on any atom is -0.394 e. The Kier molecular flexibility index (Phi) is 6.73. The highest BCUT2D eigenvalue weighted by Gasteiger charge is 2.44. The lowest BCUT2D eigenvalue weighted by Gasteiger charge is -2.29. The number of ether oxygens (including phenoxy) is 1. The number of fused-ring (bicyclic) bond motifs is 1. The molecule has 3 heterocycles. The van der Waals surface area contributed by atoms with Crippen LogP contribution < -0.4 is 5.32 Å². The zero-order valence-electron chi connectivity index (χ0n) is 17.8. The van der Waals surface area contributed by atoms with Crippen molar-refractivity contribution >= 4 is 40.3 Å². The highest BCUT2D eigenvalue weighted by atomic mass is 35.5. The average molecular weight is 492 g/mol. The summed E-state index contributed by atoms with van der Waals surface area (Å²) >= 11 is 8.14. The molecule has 4 N–H and O–H groups in total. The van der Waals surface area contributed by atoms with Crippen molar-refractivity contribution in [2.75, 3.05) is 11.9 Å². The third-order valence-corrected chi connectivity index (χ3v) is 7.76. The molecular weight excluding hydrogens is 466 g/mol. The number of nitrogens with one attached hydrogen (secondary N) is 1. The molecule has 0 unspecified atom stereocenters. The molecule has 0 bridgehead atoms. The SMILES string of the molecule is OC[C@H]1O[C@@H](n2cnc3c(NC4CCC(Sc5ccccc5)CC4)nc(Cl)nc32)[C@H](O)[C@@H]1O. The van der Waals surface area contributed by atoms with Crippen molar-refractivity contribution in [1.29, 1.82) is 0 Å². The van der Waals surface area contributed by atoms with Crippen LogP contribution in [0.1, 0.15) is 31.9 Å². The fourth-order valence-electron chi connectivity index (χ4n) is 4.50. The lowest BCUT2D eigenvalue weighted by molar-refractivity contribution is -0.0511. The van der Waals surface area contributed by atoms with Gasteiger partial charge >= 0.3 is 0 Å². The van der Waals surface area contributed by atoms with Crippen molar-refractivity contribution < 1.29 is 20.1 Å². The number of imidazole rings is 1. The Labute approximate surface area is 200 Å². The Morgan fingerprint density at radius 3 is 2.55 bits per heavy atom. The summed E-state index contributed by atoms with van der Waals surface area (Å²) in [6, 6.07) is 10.7. The van der Waals surface area contributed by atoms with E-state index in [9.17, 15) is 15.3 Å². The first kappa shape index (κ1) is 22.8. The Bertz CT molecular complexity index is 1100. The summed E-state index contributed by atoms with van der Waals surface area (Å²) in [7, 11) is 0. The maximum Gasteiger partial charge on any atom is 0.226 e. The predicted molar refractivity (Wildman–Crippen MR) is 125 cm³/mol. The van der Waals surface area contributed by atoms with E-state index in [0.29, 0.717) is 22.2 Å². The Morgan fingerprint density at radius 1 is 1.09 bits per heavy atom. The number of benzene rings is 1. The highest BCUT2D eigenvalue weighted by molar-refractivity contribution is 8.00. The van der Waals surface area contributed by atoms with Gasteiger partial charge < -0.3 is 25.4 Å². The summed E-state index contributed by atoms with van der Waals surface area (Å²) in [4.78, 5) is 14.4. The van der Waals surface area contributed by atoms with Gasteiger partial charge in [-0.3, -0.25) is 4.57 Å². The molecule has 9 nitrogen and oxygen atoms in total. The third kappa shape index (κ3) is 4.68. The van der Waals surface area contributed by atoms with Gasteiger partial charge in [-0.1, -0.05) is 18.2 Å². The van der Waals surface area contributed by atoms with Crippen molar-refractivity contribution in [1.82, 2.24) is 19.5 Å². The minimum atomic E-state index is -1.23. The molecule has 11 heteroatoms. The summed E-state index contributed by atoms with van der Waals surface area (Å²) in [5.74, 6) is 0.537. The summed E-state index contributed by atoms with van der Waals surface area (Å²) in [5.41, 5.74) is 0.901. The number of aromatic nitrogens is 4. The van der Waals surface area contributed by atoms with Crippen LogP contribution in [-0.2, 0) is 4.74 Å². The second kappa shape index (κ2) is 9.73. The van der Waals surface area contributed by atoms with Crippen LogP contribution in [0.3, 0.4) is 0 Å². The monoisotopic (exact) mass is 491 g/mol. The number of rotatable bonds is 6. The molecule has 1 aromatic carbocycles. The van der Waals surface area contributed by atoms with E-state index in [1.807, 2.05) is 17.8 Å². The second-order valence-corrected chi connectivity index (χ2v) is 10.2. The van der Waals surface area contributed by atoms with E-state index in [0.717, 1.165) is 25.7 Å². The fraction of sp³-hybridized carbons (Fsp3) is 0.500. The Balaban J connectivity index is 1.30. The number of hydrogen-bond acceptors (Lipinski definition) is 9. The largest absolute Gasteiger partial charge is 0.394 e. The van der Waals surface area contributed by atoms with Gasteiger partial charge in [0.2, 0.25) is 5.28 Å². The van der Waals surface area contributed by atoms with Crippen molar-refractivity contribution in [3.05, 3.63) is 41.9 Å². The molecule has 0 radical (unpaired) electrons. The molecule has 0 amide bonds. The van der Waals surface area contributed by atoms with Crippen LogP contribution in [0.15, 0.2) is 41.6 Å². The van der Waals surface area contributed by atoms with Gasteiger partial charge in [0, 0.05) is 16.2 Å². The van der Waals surface area contributed by atoms with Crippen LogP contribution >= 0.6 is 23.4 Å². The van der Waals surface area contributed by atoms with Gasteiger partial charge in [0.25, 0.3) is 0 Å². The molecular formula is C22H26ClN5O4S. The molecule has 2 aromatic heterocycles. The third-order valence-electron chi connectivity index (χ3n) is 6.25. The molecule has 176 valence electrons. The van der Waals surface area contributed by atoms with E-state index in [1.165, 1.54) is 15.8 Å². The van der Waals surface area contributed by atoms with Gasteiger partial charge in [0.15, 0.2) is 23.2 Å². The number of halogens is 1. The Morgan fingerprint density at radius 2 is 1.85 bits per heavy atom. The van der Waals surface area contributed by atoms with Crippen molar-refractivity contribution in [2.24, 2.45) is 0 Å². The van der Waals surface area contributed by atoms with Gasteiger partial charge in [-0.25, -0.2) is 4.98 Å². The molecule has 33 heavy (non-hydrogen) atoms. The molecule has 2 fully saturated rings. The zero-order valence-corrected chi connectivity index (χ0v) is 19.4. The fourth-order valence-corrected chi connectivity index (χ4v) is 5.87. The normalized spacial score (nSPS) is 30.1. The summed E-state index contributed by atoms with van der Waals surface area (Å²) in [5, 5.41) is 34.0. The van der Waals surface area contributed by atoms with Crippen molar-refractivity contribution in [3.63, 3.8) is 0 Å². The van der Waals surface area contributed by atoms with Gasteiger partial charge in [-0.05, 0) is 49.4 Å². The molecule has 2 aliphatic rings. The van der Waals surface area contributed by atoms with Gasteiger partial charge in [-0.15, -0.1) is 11.8 Å².